The van der Waals surface area contributed by atoms with E-state index in [9.17, 15) is 9.90 Å². The highest BCUT2D eigenvalue weighted by Crippen LogP contribution is 2.60. The molecular weight excluding hydrogens is 354 g/mol. The lowest BCUT2D eigenvalue weighted by atomic mass is 9.49. The number of aromatic hydroxyl groups is 1. The number of hydrogen-bond donors (Lipinski definition) is 1. The third-order valence-corrected chi connectivity index (χ3v) is 6.77. The molecule has 0 unspecified atom stereocenters. The molecule has 0 aliphatic heterocycles. The van der Waals surface area contributed by atoms with Gasteiger partial charge in [0.15, 0.2) is 0 Å². The summed E-state index contributed by atoms with van der Waals surface area (Å²) >= 11 is 3.39. The average Bonchev–Trinajstić information content (AvgIpc) is 2.47. The molecule has 1 aromatic carbocycles. The fourth-order valence-electron chi connectivity index (χ4n) is 5.94. The molecule has 4 aliphatic carbocycles. The molecule has 3 nitrogen and oxygen atoms in total. The minimum atomic E-state index is -0.0699. The summed E-state index contributed by atoms with van der Waals surface area (Å²) in [6.45, 7) is 0.835. The molecule has 0 saturated heterocycles. The Bertz CT molecular complexity index is 607. The van der Waals surface area contributed by atoms with E-state index in [0.717, 1.165) is 28.8 Å². The molecule has 0 heterocycles. The Hall–Kier alpha value is -1.03. The van der Waals surface area contributed by atoms with Gasteiger partial charge in [0, 0.05) is 18.1 Å². The first-order valence-corrected chi connectivity index (χ1v) is 9.47. The van der Waals surface area contributed by atoms with Crippen molar-refractivity contribution in [3.8, 4) is 5.75 Å². The number of rotatable bonds is 3. The van der Waals surface area contributed by atoms with Crippen molar-refractivity contribution in [2.24, 2.45) is 23.2 Å². The van der Waals surface area contributed by atoms with Crippen LogP contribution in [0.5, 0.6) is 5.75 Å². The molecule has 4 bridgehead atoms. The summed E-state index contributed by atoms with van der Waals surface area (Å²) in [4.78, 5) is 14.6. The van der Waals surface area contributed by atoms with Gasteiger partial charge in [-0.15, -0.1) is 0 Å². The number of halogens is 1. The molecule has 4 heteroatoms. The summed E-state index contributed by atoms with van der Waals surface area (Å²) in [6.07, 6.45) is 8.14. The van der Waals surface area contributed by atoms with Gasteiger partial charge in [-0.1, -0.05) is 15.9 Å². The minimum absolute atomic E-state index is 0.0653. The van der Waals surface area contributed by atoms with Crippen LogP contribution < -0.4 is 0 Å². The highest BCUT2D eigenvalue weighted by atomic mass is 79.9. The highest BCUT2D eigenvalue weighted by Gasteiger charge is 2.51. The molecule has 4 saturated carbocycles. The molecule has 0 atom stereocenters. The molecule has 4 aliphatic rings. The van der Waals surface area contributed by atoms with Crippen LogP contribution in [0.1, 0.15) is 48.9 Å². The SMILES string of the molecule is CN(CC12CC3CC(CC(C3)C1)C2)C(=O)c1cc(Br)ccc1O. The Kier molecular flexibility index (Phi) is 3.71. The lowest BCUT2D eigenvalue weighted by Crippen LogP contribution is -2.51. The van der Waals surface area contributed by atoms with Gasteiger partial charge in [0.1, 0.15) is 5.75 Å². The topological polar surface area (TPSA) is 40.5 Å². The van der Waals surface area contributed by atoms with E-state index < -0.39 is 0 Å². The van der Waals surface area contributed by atoms with Crippen LogP contribution in [0.4, 0.5) is 0 Å². The number of amides is 1. The highest BCUT2D eigenvalue weighted by molar-refractivity contribution is 9.10. The van der Waals surface area contributed by atoms with E-state index in [1.54, 1.807) is 18.2 Å². The van der Waals surface area contributed by atoms with Crippen molar-refractivity contribution < 1.29 is 9.90 Å². The average molecular weight is 378 g/mol. The van der Waals surface area contributed by atoms with Gasteiger partial charge in [0.05, 0.1) is 5.56 Å². The van der Waals surface area contributed by atoms with Crippen molar-refractivity contribution in [3.63, 3.8) is 0 Å². The van der Waals surface area contributed by atoms with Gasteiger partial charge in [0.25, 0.3) is 5.91 Å². The van der Waals surface area contributed by atoms with E-state index >= 15 is 0 Å². The van der Waals surface area contributed by atoms with Gasteiger partial charge in [-0.3, -0.25) is 4.79 Å². The van der Waals surface area contributed by atoms with E-state index in [2.05, 4.69) is 15.9 Å². The predicted molar refractivity (Wildman–Crippen MR) is 93.4 cm³/mol. The Morgan fingerprint density at radius 2 is 1.78 bits per heavy atom. The number of hydrogen-bond acceptors (Lipinski definition) is 2. The second-order valence-electron chi connectivity index (χ2n) is 8.24. The van der Waals surface area contributed by atoms with Crippen LogP contribution in [0, 0.1) is 23.2 Å². The molecule has 1 amide bonds. The number of phenolic OH excluding ortho intramolecular Hbond substituents is 1. The van der Waals surface area contributed by atoms with Gasteiger partial charge in [-0.25, -0.2) is 0 Å². The number of benzene rings is 1. The Morgan fingerprint density at radius 1 is 1.22 bits per heavy atom. The molecule has 23 heavy (non-hydrogen) atoms. The summed E-state index contributed by atoms with van der Waals surface area (Å²) < 4.78 is 0.821. The van der Waals surface area contributed by atoms with Crippen molar-refractivity contribution in [2.75, 3.05) is 13.6 Å². The van der Waals surface area contributed by atoms with Crippen LogP contribution >= 0.6 is 15.9 Å². The fourth-order valence-corrected chi connectivity index (χ4v) is 6.30. The Morgan fingerprint density at radius 3 is 2.35 bits per heavy atom. The molecule has 0 radical (unpaired) electrons. The smallest absolute Gasteiger partial charge is 0.257 e. The zero-order chi connectivity index (χ0) is 16.2. The van der Waals surface area contributed by atoms with E-state index in [-0.39, 0.29) is 11.7 Å². The van der Waals surface area contributed by atoms with Crippen molar-refractivity contribution >= 4 is 21.8 Å². The van der Waals surface area contributed by atoms with E-state index in [1.165, 1.54) is 38.5 Å². The first kappa shape index (κ1) is 15.5. The van der Waals surface area contributed by atoms with Crippen LogP contribution in [-0.2, 0) is 0 Å². The third-order valence-electron chi connectivity index (χ3n) is 6.27. The monoisotopic (exact) mass is 377 g/mol. The first-order chi connectivity index (χ1) is 10.9. The summed E-state index contributed by atoms with van der Waals surface area (Å²) in [6, 6.07) is 5.05. The number of nitrogens with zero attached hydrogens (tertiary/aromatic N) is 1. The Balaban J connectivity index is 1.52. The minimum Gasteiger partial charge on any atom is -0.507 e. The first-order valence-electron chi connectivity index (χ1n) is 8.68. The van der Waals surface area contributed by atoms with Gasteiger partial charge >= 0.3 is 0 Å². The van der Waals surface area contributed by atoms with Crippen molar-refractivity contribution in [3.05, 3.63) is 28.2 Å². The zero-order valence-corrected chi connectivity index (χ0v) is 15.2. The quantitative estimate of drug-likeness (QED) is 0.845. The summed E-state index contributed by atoms with van der Waals surface area (Å²) in [7, 11) is 1.89. The zero-order valence-electron chi connectivity index (χ0n) is 13.6. The second kappa shape index (κ2) is 5.51. The van der Waals surface area contributed by atoms with Gasteiger partial charge in [0.2, 0.25) is 0 Å². The van der Waals surface area contributed by atoms with Crippen molar-refractivity contribution in [1.82, 2.24) is 4.90 Å². The molecule has 124 valence electrons. The fraction of sp³-hybridized carbons (Fsp3) is 0.632. The Labute approximate surface area is 146 Å². The van der Waals surface area contributed by atoms with Crippen LogP contribution in [0.2, 0.25) is 0 Å². The number of carbonyl (C=O) groups excluding carboxylic acids is 1. The van der Waals surface area contributed by atoms with Gasteiger partial charge in [-0.2, -0.15) is 0 Å². The maximum atomic E-state index is 12.8. The second-order valence-corrected chi connectivity index (χ2v) is 9.16. The van der Waals surface area contributed by atoms with Gasteiger partial charge in [-0.05, 0) is 79.9 Å². The van der Waals surface area contributed by atoms with Crippen molar-refractivity contribution in [2.45, 2.75) is 38.5 Å². The molecule has 0 aromatic heterocycles. The number of carbonyl (C=O) groups is 1. The normalized spacial score (nSPS) is 34.6. The molecule has 1 aromatic rings. The maximum absolute atomic E-state index is 12.8. The summed E-state index contributed by atoms with van der Waals surface area (Å²) in [5.41, 5.74) is 0.729. The lowest BCUT2D eigenvalue weighted by Gasteiger charge is -2.57. The molecular formula is C19H24BrNO2. The van der Waals surface area contributed by atoms with Gasteiger partial charge < -0.3 is 10.0 Å². The maximum Gasteiger partial charge on any atom is 0.257 e. The predicted octanol–water partition coefficient (Wildman–Crippen LogP) is 4.44. The third kappa shape index (κ3) is 2.79. The molecule has 1 N–H and O–H groups in total. The summed E-state index contributed by atoms with van der Waals surface area (Å²) in [5.74, 6) is 2.67. The molecule has 4 fully saturated rings. The van der Waals surface area contributed by atoms with Crippen LogP contribution in [0.15, 0.2) is 22.7 Å². The van der Waals surface area contributed by atoms with Crippen molar-refractivity contribution in [1.29, 1.82) is 0 Å². The number of phenols is 1. The van der Waals surface area contributed by atoms with E-state index in [1.807, 2.05) is 11.9 Å². The molecule has 5 rings (SSSR count). The lowest BCUT2D eigenvalue weighted by molar-refractivity contribution is -0.0629. The molecule has 0 spiro atoms. The summed E-state index contributed by atoms with van der Waals surface area (Å²) in [5, 5.41) is 10.0. The standard InChI is InChI=1S/C19H24BrNO2/c1-21(18(23)16-7-15(20)2-3-17(16)22)11-19-8-12-4-13(9-19)6-14(5-12)10-19/h2-3,7,12-14,22H,4-6,8-11H2,1H3. The van der Waals surface area contributed by atoms with E-state index in [4.69, 9.17) is 0 Å². The van der Waals surface area contributed by atoms with Crippen LogP contribution in [0.3, 0.4) is 0 Å². The van der Waals surface area contributed by atoms with E-state index in [0.29, 0.717) is 11.0 Å². The largest absolute Gasteiger partial charge is 0.507 e. The van der Waals surface area contributed by atoms with Crippen LogP contribution in [0.25, 0.3) is 0 Å². The van der Waals surface area contributed by atoms with Crippen LogP contribution in [-0.4, -0.2) is 29.5 Å².